The number of rotatable bonds is 6. The van der Waals surface area contributed by atoms with E-state index in [9.17, 15) is 4.79 Å². The molecule has 0 spiro atoms. The highest BCUT2D eigenvalue weighted by atomic mass is 16.2. The highest BCUT2D eigenvalue weighted by molar-refractivity contribution is 5.81. The van der Waals surface area contributed by atoms with Gasteiger partial charge in [-0.05, 0) is 38.4 Å². The van der Waals surface area contributed by atoms with Gasteiger partial charge in [0.15, 0.2) is 0 Å². The first kappa shape index (κ1) is 17.4. The Balaban J connectivity index is 1.46. The van der Waals surface area contributed by atoms with Crippen LogP contribution in [0, 0.1) is 0 Å². The zero-order valence-corrected chi connectivity index (χ0v) is 14.7. The van der Waals surface area contributed by atoms with Crippen LogP contribution in [0.3, 0.4) is 0 Å². The van der Waals surface area contributed by atoms with Crippen molar-refractivity contribution in [1.29, 1.82) is 0 Å². The lowest BCUT2D eigenvalue weighted by molar-refractivity contribution is -0.122. The summed E-state index contributed by atoms with van der Waals surface area (Å²) in [4.78, 5) is 17.0. The average Bonchev–Trinajstić information content (AvgIpc) is 3.15. The number of nitrogens with one attached hydrogen (secondary N) is 2. The first-order chi connectivity index (χ1) is 11.7. The van der Waals surface area contributed by atoms with Crippen molar-refractivity contribution < 1.29 is 4.79 Å². The summed E-state index contributed by atoms with van der Waals surface area (Å²) in [5.74, 6) is 0.172. The topological polar surface area (TPSA) is 47.6 Å². The zero-order chi connectivity index (χ0) is 16.8. The van der Waals surface area contributed by atoms with Gasteiger partial charge < -0.3 is 15.5 Å². The summed E-state index contributed by atoms with van der Waals surface area (Å²) in [5, 5.41) is 6.34. The van der Waals surface area contributed by atoms with E-state index in [1.165, 1.54) is 5.56 Å². The minimum absolute atomic E-state index is 0.0331. The number of benzene rings is 1. The van der Waals surface area contributed by atoms with Gasteiger partial charge in [0, 0.05) is 38.8 Å². The molecule has 2 saturated heterocycles. The Labute approximate surface area is 145 Å². The van der Waals surface area contributed by atoms with Crippen molar-refractivity contribution in [2.75, 3.05) is 46.3 Å². The molecule has 2 atom stereocenters. The summed E-state index contributed by atoms with van der Waals surface area (Å²) >= 11 is 0. The predicted octanol–water partition coefficient (Wildman–Crippen LogP) is 1.23. The number of amides is 1. The van der Waals surface area contributed by atoms with Crippen molar-refractivity contribution in [2.45, 2.75) is 31.3 Å². The van der Waals surface area contributed by atoms with Crippen molar-refractivity contribution in [3.05, 3.63) is 35.9 Å². The van der Waals surface area contributed by atoms with Gasteiger partial charge in [-0.25, -0.2) is 0 Å². The molecule has 2 aliphatic heterocycles. The highest BCUT2D eigenvalue weighted by Crippen LogP contribution is 2.24. The van der Waals surface area contributed by atoms with Crippen molar-refractivity contribution in [1.82, 2.24) is 20.4 Å². The average molecular weight is 330 g/mol. The van der Waals surface area contributed by atoms with Crippen LogP contribution in [0.2, 0.25) is 0 Å². The van der Waals surface area contributed by atoms with Gasteiger partial charge in [0.1, 0.15) is 0 Å². The Kier molecular flexibility index (Phi) is 6.24. The highest BCUT2D eigenvalue weighted by Gasteiger charge is 2.26. The third-order valence-corrected chi connectivity index (χ3v) is 5.18. The molecule has 0 aromatic heterocycles. The van der Waals surface area contributed by atoms with E-state index in [-0.39, 0.29) is 11.9 Å². The molecule has 0 unspecified atom stereocenters. The van der Waals surface area contributed by atoms with Gasteiger partial charge in [-0.15, -0.1) is 0 Å². The van der Waals surface area contributed by atoms with Crippen LogP contribution < -0.4 is 10.6 Å². The minimum atomic E-state index is 0.0331. The largest absolute Gasteiger partial charge is 0.355 e. The molecule has 0 bridgehead atoms. The number of likely N-dealkylation sites (N-methyl/N-ethyl adjacent to an activating group) is 1. The smallest absolute Gasteiger partial charge is 0.237 e. The van der Waals surface area contributed by atoms with Crippen LogP contribution in [0.25, 0.3) is 0 Å². The molecular weight excluding hydrogens is 300 g/mol. The Bertz CT molecular complexity index is 515. The van der Waals surface area contributed by atoms with Crippen LogP contribution in [-0.4, -0.2) is 68.1 Å². The first-order valence-electron chi connectivity index (χ1n) is 9.22. The molecule has 0 saturated carbocycles. The van der Waals surface area contributed by atoms with Gasteiger partial charge in [0.25, 0.3) is 0 Å². The van der Waals surface area contributed by atoms with Crippen LogP contribution in [0.5, 0.6) is 0 Å². The number of nitrogens with zero attached hydrogens (tertiary/aromatic N) is 2. The molecule has 1 amide bonds. The maximum Gasteiger partial charge on any atom is 0.237 e. The van der Waals surface area contributed by atoms with E-state index in [0.717, 1.165) is 58.5 Å². The lowest BCUT2D eigenvalue weighted by Crippen LogP contribution is -2.47. The predicted molar refractivity (Wildman–Crippen MR) is 96.9 cm³/mol. The van der Waals surface area contributed by atoms with E-state index in [1.807, 2.05) is 0 Å². The van der Waals surface area contributed by atoms with Gasteiger partial charge >= 0.3 is 0 Å². The molecule has 24 heavy (non-hydrogen) atoms. The van der Waals surface area contributed by atoms with Crippen molar-refractivity contribution in [3.63, 3.8) is 0 Å². The van der Waals surface area contributed by atoms with Gasteiger partial charge in [0.2, 0.25) is 5.91 Å². The van der Waals surface area contributed by atoms with Crippen LogP contribution in [-0.2, 0) is 4.79 Å². The monoisotopic (exact) mass is 330 g/mol. The Morgan fingerprint density at radius 3 is 2.88 bits per heavy atom. The van der Waals surface area contributed by atoms with Gasteiger partial charge in [-0.2, -0.15) is 0 Å². The maximum atomic E-state index is 12.0. The first-order valence-corrected chi connectivity index (χ1v) is 9.22. The number of piperazine rings is 1. The van der Waals surface area contributed by atoms with E-state index in [2.05, 4.69) is 57.8 Å². The summed E-state index contributed by atoms with van der Waals surface area (Å²) in [6, 6.07) is 11.3. The number of hydrogen-bond acceptors (Lipinski definition) is 4. The molecule has 1 aromatic carbocycles. The number of carbonyl (C=O) groups excluding carboxylic acids is 1. The second-order valence-corrected chi connectivity index (χ2v) is 7.02. The second-order valence-electron chi connectivity index (χ2n) is 7.02. The summed E-state index contributed by atoms with van der Waals surface area (Å²) in [5.41, 5.74) is 1.39. The quantitative estimate of drug-likeness (QED) is 0.771. The summed E-state index contributed by atoms with van der Waals surface area (Å²) < 4.78 is 0. The fourth-order valence-corrected chi connectivity index (χ4v) is 3.74. The van der Waals surface area contributed by atoms with Gasteiger partial charge in [-0.1, -0.05) is 30.3 Å². The third-order valence-electron chi connectivity index (χ3n) is 5.18. The summed E-state index contributed by atoms with van der Waals surface area (Å²) in [7, 11) is 2.20. The van der Waals surface area contributed by atoms with E-state index in [1.54, 1.807) is 0 Å². The molecule has 5 nitrogen and oxygen atoms in total. The lowest BCUT2D eigenvalue weighted by Gasteiger charge is -2.40. The fourth-order valence-electron chi connectivity index (χ4n) is 3.74. The Morgan fingerprint density at radius 1 is 1.29 bits per heavy atom. The fraction of sp³-hybridized carbons (Fsp3) is 0.632. The molecule has 2 fully saturated rings. The molecule has 2 aliphatic rings. The second kappa shape index (κ2) is 8.60. The van der Waals surface area contributed by atoms with Crippen molar-refractivity contribution >= 4 is 5.91 Å². The summed E-state index contributed by atoms with van der Waals surface area (Å²) in [6.45, 7) is 6.05. The molecule has 2 N–H and O–H groups in total. The Morgan fingerprint density at radius 2 is 2.12 bits per heavy atom. The van der Waals surface area contributed by atoms with Crippen LogP contribution >= 0.6 is 0 Å². The van der Waals surface area contributed by atoms with E-state index < -0.39 is 0 Å². The lowest BCUT2D eigenvalue weighted by atomic mass is 10.0. The van der Waals surface area contributed by atoms with Crippen molar-refractivity contribution in [2.24, 2.45) is 0 Å². The maximum absolute atomic E-state index is 12.0. The molecule has 132 valence electrons. The van der Waals surface area contributed by atoms with Crippen LogP contribution in [0.4, 0.5) is 0 Å². The van der Waals surface area contributed by atoms with E-state index in [0.29, 0.717) is 6.04 Å². The van der Waals surface area contributed by atoms with Crippen molar-refractivity contribution in [3.8, 4) is 0 Å². The summed E-state index contributed by atoms with van der Waals surface area (Å²) in [6.07, 6.45) is 3.09. The standard InChI is InChI=1S/C19H30N4O/c1-22-13-14-23(18(15-22)16-7-3-2-4-8-16)12-6-11-21-19(24)17-9-5-10-20-17/h2-4,7-8,17-18,20H,5-6,9-15H2,1H3,(H,21,24)/t17-,18+/m0/s1. The number of carbonyl (C=O) groups is 1. The molecular formula is C19H30N4O. The van der Waals surface area contributed by atoms with Crippen LogP contribution in [0.1, 0.15) is 30.9 Å². The van der Waals surface area contributed by atoms with E-state index in [4.69, 9.17) is 0 Å². The molecule has 1 aromatic rings. The SMILES string of the molecule is CN1CCN(CCCNC(=O)[C@@H]2CCCN2)[C@@H](c2ccccc2)C1. The number of hydrogen-bond donors (Lipinski definition) is 2. The molecule has 2 heterocycles. The molecule has 3 rings (SSSR count). The Hall–Kier alpha value is -1.43. The molecule has 5 heteroatoms. The molecule has 0 aliphatic carbocycles. The van der Waals surface area contributed by atoms with Gasteiger partial charge in [-0.3, -0.25) is 9.69 Å². The third kappa shape index (κ3) is 4.56. The minimum Gasteiger partial charge on any atom is -0.355 e. The zero-order valence-electron chi connectivity index (χ0n) is 14.7. The normalized spacial score (nSPS) is 25.7. The van der Waals surface area contributed by atoms with Gasteiger partial charge in [0.05, 0.1) is 6.04 Å². The van der Waals surface area contributed by atoms with Crippen LogP contribution in [0.15, 0.2) is 30.3 Å². The molecule has 0 radical (unpaired) electrons. The van der Waals surface area contributed by atoms with E-state index >= 15 is 0 Å².